The number of carbonyl (C=O) groups is 1. The second kappa shape index (κ2) is 8.20. The maximum atomic E-state index is 11.9. The number of carbonyl (C=O) groups excluding carboxylic acids is 1. The van der Waals surface area contributed by atoms with Gasteiger partial charge in [-0.3, -0.25) is 4.79 Å². The van der Waals surface area contributed by atoms with Gasteiger partial charge in [0.1, 0.15) is 0 Å². The largest absolute Gasteiger partial charge is 0.383 e. The number of nitrogens with zero attached hydrogens (tertiary/aromatic N) is 1. The van der Waals surface area contributed by atoms with Crippen LogP contribution in [-0.2, 0) is 16.2 Å². The zero-order chi connectivity index (χ0) is 15.8. The molecule has 0 saturated heterocycles. The van der Waals surface area contributed by atoms with Crippen molar-refractivity contribution in [2.75, 3.05) is 0 Å². The highest BCUT2D eigenvalue weighted by Gasteiger charge is 2.13. The van der Waals surface area contributed by atoms with Gasteiger partial charge in [0.25, 0.3) is 5.91 Å². The first-order valence-electron chi connectivity index (χ1n) is 6.91. The number of halogens is 1. The summed E-state index contributed by atoms with van der Waals surface area (Å²) in [6, 6.07) is 16.8. The van der Waals surface area contributed by atoms with Crippen molar-refractivity contribution < 1.29 is 9.63 Å². The van der Waals surface area contributed by atoms with Crippen molar-refractivity contribution >= 4 is 23.7 Å². The van der Waals surface area contributed by atoms with E-state index in [1.165, 1.54) is 6.21 Å². The lowest BCUT2D eigenvalue weighted by Gasteiger charge is -2.10. The molecule has 0 aromatic heterocycles. The van der Waals surface area contributed by atoms with Gasteiger partial charge in [-0.05, 0) is 30.2 Å². The average molecular weight is 317 g/mol. The number of hydrogen-bond donors (Lipinski definition) is 1. The van der Waals surface area contributed by atoms with Gasteiger partial charge in [0.05, 0.1) is 6.21 Å². The maximum absolute atomic E-state index is 11.9. The van der Waals surface area contributed by atoms with Crippen LogP contribution in [0.1, 0.15) is 18.1 Å². The molecule has 0 aliphatic rings. The maximum Gasteiger partial charge on any atom is 0.263 e. The van der Waals surface area contributed by atoms with Crippen LogP contribution < -0.4 is 5.32 Å². The summed E-state index contributed by atoms with van der Waals surface area (Å²) in [5, 5.41) is 7.28. The van der Waals surface area contributed by atoms with Crippen LogP contribution in [0.25, 0.3) is 0 Å². The van der Waals surface area contributed by atoms with E-state index in [9.17, 15) is 4.79 Å². The second-order valence-corrected chi connectivity index (χ2v) is 5.17. The molecule has 2 aromatic carbocycles. The Bertz CT molecular complexity index is 627. The van der Waals surface area contributed by atoms with E-state index in [2.05, 4.69) is 10.5 Å². The molecule has 1 N–H and O–H groups in total. The van der Waals surface area contributed by atoms with Crippen molar-refractivity contribution in [2.45, 2.75) is 19.6 Å². The van der Waals surface area contributed by atoms with Gasteiger partial charge in [-0.15, -0.1) is 0 Å². The molecule has 0 bridgehead atoms. The van der Waals surface area contributed by atoms with Crippen LogP contribution in [0.4, 0.5) is 0 Å². The molecule has 1 amide bonds. The Morgan fingerprint density at radius 3 is 2.59 bits per heavy atom. The second-order valence-electron chi connectivity index (χ2n) is 4.74. The van der Waals surface area contributed by atoms with Crippen LogP contribution in [-0.4, -0.2) is 18.2 Å². The van der Waals surface area contributed by atoms with Gasteiger partial charge in [0.2, 0.25) is 6.10 Å². The van der Waals surface area contributed by atoms with Crippen LogP contribution in [0.3, 0.4) is 0 Å². The monoisotopic (exact) mass is 316 g/mol. The third-order valence-corrected chi connectivity index (χ3v) is 3.22. The number of nitrogens with one attached hydrogen (secondary N) is 1. The summed E-state index contributed by atoms with van der Waals surface area (Å²) in [6.07, 6.45) is 0.879. The zero-order valence-corrected chi connectivity index (χ0v) is 13.0. The SMILES string of the molecule is C[C@@H](O/N=C\c1ccc(Cl)cc1)C(=O)NCc1ccccc1. The molecule has 114 valence electrons. The van der Waals surface area contributed by atoms with Gasteiger partial charge in [-0.25, -0.2) is 0 Å². The molecule has 0 aliphatic carbocycles. The van der Waals surface area contributed by atoms with Gasteiger partial charge in [0, 0.05) is 11.6 Å². The Morgan fingerprint density at radius 2 is 1.91 bits per heavy atom. The van der Waals surface area contributed by atoms with Crippen molar-refractivity contribution in [3.63, 3.8) is 0 Å². The van der Waals surface area contributed by atoms with E-state index in [0.717, 1.165) is 11.1 Å². The molecule has 0 aliphatic heterocycles. The highest BCUT2D eigenvalue weighted by Crippen LogP contribution is 2.08. The van der Waals surface area contributed by atoms with Crippen molar-refractivity contribution in [3.8, 4) is 0 Å². The minimum atomic E-state index is -0.660. The van der Waals surface area contributed by atoms with E-state index in [4.69, 9.17) is 16.4 Å². The molecule has 5 heteroatoms. The lowest BCUT2D eigenvalue weighted by molar-refractivity contribution is -0.131. The molecule has 4 nitrogen and oxygen atoms in total. The number of amides is 1. The first-order chi connectivity index (χ1) is 10.6. The van der Waals surface area contributed by atoms with Crippen LogP contribution >= 0.6 is 11.6 Å². The van der Waals surface area contributed by atoms with Crippen LogP contribution in [0.5, 0.6) is 0 Å². The van der Waals surface area contributed by atoms with E-state index < -0.39 is 6.10 Å². The van der Waals surface area contributed by atoms with Crippen molar-refractivity contribution in [1.29, 1.82) is 0 Å². The van der Waals surface area contributed by atoms with Crippen LogP contribution in [0.15, 0.2) is 59.8 Å². The van der Waals surface area contributed by atoms with Crippen LogP contribution in [0, 0.1) is 0 Å². The van der Waals surface area contributed by atoms with E-state index >= 15 is 0 Å². The van der Waals surface area contributed by atoms with Gasteiger partial charge < -0.3 is 10.2 Å². The van der Waals surface area contributed by atoms with Crippen LogP contribution in [0.2, 0.25) is 5.02 Å². The molecule has 0 saturated carbocycles. The normalized spacial score (nSPS) is 12.1. The van der Waals surface area contributed by atoms with Crippen molar-refractivity contribution in [1.82, 2.24) is 5.32 Å². The third-order valence-electron chi connectivity index (χ3n) is 2.97. The molecule has 2 aromatic rings. The van der Waals surface area contributed by atoms with Crippen molar-refractivity contribution in [3.05, 3.63) is 70.7 Å². The van der Waals surface area contributed by atoms with Gasteiger partial charge >= 0.3 is 0 Å². The summed E-state index contributed by atoms with van der Waals surface area (Å²) >= 11 is 5.79. The molecule has 0 heterocycles. The van der Waals surface area contributed by atoms with Gasteiger partial charge in [0.15, 0.2) is 0 Å². The fraction of sp³-hybridized carbons (Fsp3) is 0.176. The Hall–Kier alpha value is -2.33. The highest BCUT2D eigenvalue weighted by atomic mass is 35.5. The minimum Gasteiger partial charge on any atom is -0.383 e. The summed E-state index contributed by atoms with van der Waals surface area (Å²) in [5.74, 6) is -0.211. The Morgan fingerprint density at radius 1 is 1.23 bits per heavy atom. The molecule has 0 unspecified atom stereocenters. The number of rotatable bonds is 6. The number of hydrogen-bond acceptors (Lipinski definition) is 3. The van der Waals surface area contributed by atoms with E-state index in [1.807, 2.05) is 42.5 Å². The first-order valence-corrected chi connectivity index (χ1v) is 7.29. The molecular weight excluding hydrogens is 300 g/mol. The number of oxime groups is 1. The zero-order valence-electron chi connectivity index (χ0n) is 12.2. The number of benzene rings is 2. The van der Waals surface area contributed by atoms with Gasteiger partial charge in [-0.2, -0.15) is 0 Å². The summed E-state index contributed by atoms with van der Waals surface area (Å²) in [4.78, 5) is 17.0. The Balaban J connectivity index is 1.77. The predicted octanol–water partition coefficient (Wildman–Crippen LogP) is 3.40. The smallest absolute Gasteiger partial charge is 0.263 e. The lowest BCUT2D eigenvalue weighted by atomic mass is 10.2. The minimum absolute atomic E-state index is 0.211. The standard InChI is InChI=1S/C17H17ClN2O2/c1-13(17(21)19-11-14-5-3-2-4-6-14)22-20-12-15-7-9-16(18)10-8-15/h2-10,12-13H,11H2,1H3,(H,19,21)/b20-12-/t13-/m1/s1. The van der Waals surface area contributed by atoms with E-state index in [1.54, 1.807) is 19.1 Å². The van der Waals surface area contributed by atoms with E-state index in [-0.39, 0.29) is 5.91 Å². The average Bonchev–Trinajstić information content (AvgIpc) is 2.55. The lowest BCUT2D eigenvalue weighted by Crippen LogP contribution is -2.33. The van der Waals surface area contributed by atoms with Crippen molar-refractivity contribution in [2.24, 2.45) is 5.16 Å². The quantitative estimate of drug-likeness (QED) is 0.656. The molecule has 0 radical (unpaired) electrons. The summed E-state index contributed by atoms with van der Waals surface area (Å²) < 4.78 is 0. The van der Waals surface area contributed by atoms with E-state index in [0.29, 0.717) is 11.6 Å². The fourth-order valence-electron chi connectivity index (χ4n) is 1.71. The molecule has 1 atom stereocenters. The molecule has 22 heavy (non-hydrogen) atoms. The Labute approximate surface area is 134 Å². The topological polar surface area (TPSA) is 50.7 Å². The Kier molecular flexibility index (Phi) is 5.98. The predicted molar refractivity (Wildman–Crippen MR) is 87.9 cm³/mol. The molecule has 2 rings (SSSR count). The molecule has 0 spiro atoms. The highest BCUT2D eigenvalue weighted by molar-refractivity contribution is 6.30. The molecular formula is C17H17ClN2O2. The molecule has 0 fully saturated rings. The fourth-order valence-corrected chi connectivity index (χ4v) is 1.83. The third kappa shape index (κ3) is 5.22. The summed E-state index contributed by atoms with van der Waals surface area (Å²) in [6.45, 7) is 2.12. The summed E-state index contributed by atoms with van der Waals surface area (Å²) in [7, 11) is 0. The first kappa shape index (κ1) is 16.0. The van der Waals surface area contributed by atoms with Gasteiger partial charge in [-0.1, -0.05) is 59.2 Å². The summed E-state index contributed by atoms with van der Waals surface area (Å²) in [5.41, 5.74) is 1.88.